The lowest BCUT2D eigenvalue weighted by Gasteiger charge is -2.29. The lowest BCUT2D eigenvalue weighted by atomic mass is 10.0. The van der Waals surface area contributed by atoms with Crippen molar-refractivity contribution in [2.45, 2.75) is 38.3 Å². The van der Waals surface area contributed by atoms with Crippen molar-refractivity contribution >= 4 is 40.9 Å². The topological polar surface area (TPSA) is 105 Å². The molecule has 166 valence electrons. The summed E-state index contributed by atoms with van der Waals surface area (Å²) < 4.78 is 5.60. The Morgan fingerprint density at radius 1 is 1.16 bits per heavy atom. The summed E-state index contributed by atoms with van der Waals surface area (Å²) in [5.74, 6) is -0.706. The van der Waals surface area contributed by atoms with Gasteiger partial charge in [-0.1, -0.05) is 29.8 Å². The van der Waals surface area contributed by atoms with E-state index in [2.05, 4.69) is 10.6 Å². The van der Waals surface area contributed by atoms with Crippen molar-refractivity contribution < 1.29 is 23.9 Å². The number of benzene rings is 2. The van der Waals surface area contributed by atoms with Gasteiger partial charge in [0.25, 0.3) is 5.91 Å². The fraction of sp³-hybridized carbons (Fsp3) is 0.304. The first-order valence-corrected chi connectivity index (χ1v) is 10.8. The molecule has 8 nitrogen and oxygen atoms in total. The van der Waals surface area contributed by atoms with Crippen LogP contribution in [-0.2, 0) is 20.9 Å². The number of imide groups is 1. The SMILES string of the molecule is O=C1CCC(N2Cc3c(NC(=O)CCCOc4ccccc4Cl)cccc3C2=O)C(=O)N1. The predicted molar refractivity (Wildman–Crippen MR) is 117 cm³/mol. The van der Waals surface area contributed by atoms with Crippen LogP contribution in [-0.4, -0.2) is 41.2 Å². The van der Waals surface area contributed by atoms with Gasteiger partial charge in [-0.05, 0) is 37.1 Å². The molecule has 32 heavy (non-hydrogen) atoms. The monoisotopic (exact) mass is 455 g/mol. The van der Waals surface area contributed by atoms with Gasteiger partial charge in [0.1, 0.15) is 11.8 Å². The molecular formula is C23H22ClN3O5. The van der Waals surface area contributed by atoms with Gasteiger partial charge in [-0.2, -0.15) is 0 Å². The van der Waals surface area contributed by atoms with Crippen molar-refractivity contribution in [1.82, 2.24) is 10.2 Å². The Balaban J connectivity index is 1.35. The lowest BCUT2D eigenvalue weighted by molar-refractivity contribution is -0.137. The summed E-state index contributed by atoms with van der Waals surface area (Å²) in [5.41, 5.74) is 1.67. The molecule has 0 aliphatic carbocycles. The molecule has 2 aromatic carbocycles. The van der Waals surface area contributed by atoms with E-state index in [9.17, 15) is 19.2 Å². The van der Waals surface area contributed by atoms with Crippen LogP contribution in [0.3, 0.4) is 0 Å². The van der Waals surface area contributed by atoms with Gasteiger partial charge in [-0.25, -0.2) is 0 Å². The molecule has 2 N–H and O–H groups in total. The van der Waals surface area contributed by atoms with Crippen LogP contribution in [0.5, 0.6) is 5.75 Å². The van der Waals surface area contributed by atoms with E-state index in [1.165, 1.54) is 4.90 Å². The second-order valence-corrected chi connectivity index (χ2v) is 8.07. The summed E-state index contributed by atoms with van der Waals surface area (Å²) in [4.78, 5) is 50.4. The number of carbonyl (C=O) groups excluding carboxylic acids is 4. The van der Waals surface area contributed by atoms with E-state index in [0.717, 1.165) is 0 Å². The van der Waals surface area contributed by atoms with Gasteiger partial charge in [0.15, 0.2) is 0 Å². The third-order valence-electron chi connectivity index (χ3n) is 5.50. The summed E-state index contributed by atoms with van der Waals surface area (Å²) in [6.45, 7) is 0.540. The highest BCUT2D eigenvalue weighted by Gasteiger charge is 2.39. The highest BCUT2D eigenvalue weighted by atomic mass is 35.5. The number of nitrogens with zero attached hydrogens (tertiary/aromatic N) is 1. The average Bonchev–Trinajstić information content (AvgIpc) is 3.10. The smallest absolute Gasteiger partial charge is 0.255 e. The molecule has 1 fully saturated rings. The largest absolute Gasteiger partial charge is 0.492 e. The van der Waals surface area contributed by atoms with Crippen LogP contribution in [0.25, 0.3) is 0 Å². The molecular weight excluding hydrogens is 434 g/mol. The Bertz CT molecular complexity index is 1090. The molecule has 0 bridgehead atoms. The fourth-order valence-corrected chi connectivity index (χ4v) is 4.08. The maximum Gasteiger partial charge on any atom is 0.255 e. The maximum absolute atomic E-state index is 12.9. The molecule has 0 saturated carbocycles. The van der Waals surface area contributed by atoms with E-state index in [1.807, 2.05) is 12.1 Å². The molecule has 0 aromatic heterocycles. The summed E-state index contributed by atoms with van der Waals surface area (Å²) >= 11 is 6.05. The highest BCUT2D eigenvalue weighted by Crippen LogP contribution is 2.32. The number of amides is 4. The van der Waals surface area contributed by atoms with Gasteiger partial charge < -0.3 is 15.0 Å². The molecule has 4 rings (SSSR count). The molecule has 1 unspecified atom stereocenters. The maximum atomic E-state index is 12.9. The van der Waals surface area contributed by atoms with E-state index in [0.29, 0.717) is 40.6 Å². The minimum atomic E-state index is -0.696. The first-order chi connectivity index (χ1) is 15.4. The quantitative estimate of drug-likeness (QED) is 0.493. The predicted octanol–water partition coefficient (Wildman–Crippen LogP) is 2.90. The number of fused-ring (bicyclic) bond motifs is 1. The van der Waals surface area contributed by atoms with Crippen molar-refractivity contribution in [3.8, 4) is 5.75 Å². The van der Waals surface area contributed by atoms with Crippen molar-refractivity contribution in [2.24, 2.45) is 0 Å². The van der Waals surface area contributed by atoms with Crippen molar-refractivity contribution in [3.05, 3.63) is 58.6 Å². The lowest BCUT2D eigenvalue weighted by Crippen LogP contribution is -2.52. The van der Waals surface area contributed by atoms with E-state index in [4.69, 9.17) is 16.3 Å². The van der Waals surface area contributed by atoms with Gasteiger partial charge in [0.05, 0.1) is 11.6 Å². The zero-order valence-electron chi connectivity index (χ0n) is 17.2. The fourth-order valence-electron chi connectivity index (χ4n) is 3.89. The third-order valence-corrected chi connectivity index (χ3v) is 5.81. The van der Waals surface area contributed by atoms with E-state index in [-0.39, 0.29) is 43.5 Å². The Kier molecular flexibility index (Phi) is 6.41. The van der Waals surface area contributed by atoms with Crippen LogP contribution < -0.4 is 15.4 Å². The number of carbonyl (C=O) groups is 4. The molecule has 0 radical (unpaired) electrons. The normalized spacial score (nSPS) is 17.7. The van der Waals surface area contributed by atoms with Crippen LogP contribution >= 0.6 is 11.6 Å². The molecule has 2 heterocycles. The number of hydrogen-bond acceptors (Lipinski definition) is 5. The van der Waals surface area contributed by atoms with Crippen molar-refractivity contribution in [2.75, 3.05) is 11.9 Å². The van der Waals surface area contributed by atoms with Gasteiger partial charge in [-0.3, -0.25) is 24.5 Å². The van der Waals surface area contributed by atoms with Crippen LogP contribution in [0.1, 0.15) is 41.6 Å². The second-order valence-electron chi connectivity index (χ2n) is 7.66. The minimum Gasteiger partial charge on any atom is -0.492 e. The number of halogens is 1. The van der Waals surface area contributed by atoms with Crippen LogP contribution in [0.4, 0.5) is 5.69 Å². The summed E-state index contributed by atoms with van der Waals surface area (Å²) in [6, 6.07) is 11.5. The highest BCUT2D eigenvalue weighted by molar-refractivity contribution is 6.32. The van der Waals surface area contributed by atoms with Crippen LogP contribution in [0.15, 0.2) is 42.5 Å². The summed E-state index contributed by atoms with van der Waals surface area (Å²) in [7, 11) is 0. The van der Waals surface area contributed by atoms with Crippen molar-refractivity contribution in [3.63, 3.8) is 0 Å². The number of nitrogens with one attached hydrogen (secondary N) is 2. The van der Waals surface area contributed by atoms with E-state index >= 15 is 0 Å². The molecule has 1 atom stereocenters. The Morgan fingerprint density at radius 2 is 1.97 bits per heavy atom. The zero-order chi connectivity index (χ0) is 22.7. The van der Waals surface area contributed by atoms with Gasteiger partial charge >= 0.3 is 0 Å². The second kappa shape index (κ2) is 9.40. The van der Waals surface area contributed by atoms with E-state index in [1.54, 1.807) is 30.3 Å². The first-order valence-electron chi connectivity index (χ1n) is 10.4. The Morgan fingerprint density at radius 3 is 2.75 bits per heavy atom. The number of para-hydroxylation sites is 1. The minimum absolute atomic E-state index is 0.191. The standard InChI is InChI=1S/C23H22ClN3O5/c24-16-6-1-2-8-19(16)32-12-4-9-20(28)25-17-7-3-5-14-15(17)13-27(23(14)31)18-10-11-21(29)26-22(18)30/h1-3,5-8,18H,4,9-13H2,(H,25,28)(H,26,29,30). The number of piperidine rings is 1. The molecule has 2 aliphatic rings. The Labute approximate surface area is 189 Å². The van der Waals surface area contributed by atoms with Gasteiger partial charge in [-0.15, -0.1) is 0 Å². The summed E-state index contributed by atoms with van der Waals surface area (Å²) in [6.07, 6.45) is 1.21. The van der Waals surface area contributed by atoms with Crippen LogP contribution in [0, 0.1) is 0 Å². The van der Waals surface area contributed by atoms with Crippen LogP contribution in [0.2, 0.25) is 5.02 Å². The van der Waals surface area contributed by atoms with E-state index < -0.39 is 11.9 Å². The summed E-state index contributed by atoms with van der Waals surface area (Å²) in [5, 5.41) is 5.66. The first kappa shape index (κ1) is 21.8. The van der Waals surface area contributed by atoms with Gasteiger partial charge in [0.2, 0.25) is 17.7 Å². The van der Waals surface area contributed by atoms with Gasteiger partial charge in [0, 0.05) is 36.2 Å². The zero-order valence-corrected chi connectivity index (χ0v) is 18.0. The molecule has 9 heteroatoms. The third kappa shape index (κ3) is 4.60. The van der Waals surface area contributed by atoms with Crippen molar-refractivity contribution in [1.29, 1.82) is 0 Å². The molecule has 2 aliphatic heterocycles. The number of rotatable bonds is 7. The molecule has 0 spiro atoms. The molecule has 2 aromatic rings. The number of anilines is 1. The molecule has 1 saturated heterocycles. The molecule has 4 amide bonds. The Hall–Kier alpha value is -3.39. The number of ether oxygens (including phenoxy) is 1. The number of hydrogen-bond donors (Lipinski definition) is 2. The average molecular weight is 456 g/mol.